The Morgan fingerprint density at radius 1 is 1.27 bits per heavy atom. The van der Waals surface area contributed by atoms with E-state index < -0.39 is 17.8 Å². The average Bonchev–Trinajstić information content (AvgIpc) is 3.34. The van der Waals surface area contributed by atoms with Gasteiger partial charge in [0.2, 0.25) is 0 Å². The number of benzene rings is 1. The van der Waals surface area contributed by atoms with Crippen LogP contribution in [-0.4, -0.2) is 60.4 Å². The Bertz CT molecular complexity index is 1060. The van der Waals surface area contributed by atoms with Gasteiger partial charge in [0.15, 0.2) is 11.6 Å². The molecule has 2 aliphatic rings. The summed E-state index contributed by atoms with van der Waals surface area (Å²) in [7, 11) is 1.38. The van der Waals surface area contributed by atoms with Crippen LogP contribution in [0.3, 0.4) is 0 Å². The number of methoxy groups -OCH3 is 1. The van der Waals surface area contributed by atoms with Gasteiger partial charge in [-0.05, 0) is 74.3 Å². The fourth-order valence-electron chi connectivity index (χ4n) is 5.48. The van der Waals surface area contributed by atoms with Crippen molar-refractivity contribution in [3.63, 3.8) is 0 Å². The second-order valence-corrected chi connectivity index (χ2v) is 10.1. The van der Waals surface area contributed by atoms with Crippen molar-refractivity contribution >= 4 is 11.8 Å². The zero-order valence-corrected chi connectivity index (χ0v) is 22.1. The molecule has 8 heteroatoms. The predicted molar refractivity (Wildman–Crippen MR) is 142 cm³/mol. The minimum Gasteiger partial charge on any atom is -0.493 e. The van der Waals surface area contributed by atoms with Crippen LogP contribution >= 0.6 is 0 Å². The first-order valence-corrected chi connectivity index (χ1v) is 13.7. The molecule has 0 amide bonds. The highest BCUT2D eigenvalue weighted by molar-refractivity contribution is 5.77. The van der Waals surface area contributed by atoms with Crippen LogP contribution in [0.15, 0.2) is 24.3 Å². The summed E-state index contributed by atoms with van der Waals surface area (Å²) in [5.41, 5.74) is 3.62. The highest BCUT2D eigenvalue weighted by Crippen LogP contribution is 2.35. The standard InChI is InChI=1S/C29H40FN3O4/c1-3-8-20-17-24(27(36-2)25(30)18-20)26(29(34)35)33-15-13-23(19-33)37-16-6-4-5-10-22-12-11-21-9-7-14-31-28(21)32-22/h11-12,17-18,23,26H,3-10,13-16,19H2,1-2H3,(H,31,32)(H,34,35)/t23-,26+/m1/s1. The van der Waals surface area contributed by atoms with Gasteiger partial charge in [-0.1, -0.05) is 25.8 Å². The summed E-state index contributed by atoms with van der Waals surface area (Å²) in [4.78, 5) is 18.9. The van der Waals surface area contributed by atoms with Crippen molar-refractivity contribution in [3.05, 3.63) is 52.5 Å². The van der Waals surface area contributed by atoms with Gasteiger partial charge in [0.05, 0.1) is 13.2 Å². The minimum atomic E-state index is -1.00. The number of unbranched alkanes of at least 4 members (excludes halogenated alkanes) is 2. The number of nitrogens with one attached hydrogen (secondary N) is 1. The summed E-state index contributed by atoms with van der Waals surface area (Å²) in [5.74, 6) is -0.447. The molecule has 2 atom stereocenters. The van der Waals surface area contributed by atoms with Crippen LogP contribution in [0.2, 0.25) is 0 Å². The predicted octanol–water partition coefficient (Wildman–Crippen LogP) is 5.17. The first kappa shape index (κ1) is 27.3. The Labute approximate surface area is 219 Å². The molecule has 202 valence electrons. The molecule has 4 rings (SSSR count). The Morgan fingerprint density at radius 3 is 2.92 bits per heavy atom. The maximum absolute atomic E-state index is 14.7. The molecule has 0 bridgehead atoms. The van der Waals surface area contributed by atoms with Gasteiger partial charge in [0.25, 0.3) is 0 Å². The molecule has 0 unspecified atom stereocenters. The van der Waals surface area contributed by atoms with E-state index in [1.54, 1.807) is 6.07 Å². The van der Waals surface area contributed by atoms with E-state index in [0.717, 1.165) is 68.6 Å². The third kappa shape index (κ3) is 6.99. The van der Waals surface area contributed by atoms with Gasteiger partial charge >= 0.3 is 5.97 Å². The van der Waals surface area contributed by atoms with Crippen molar-refractivity contribution in [1.29, 1.82) is 0 Å². The lowest BCUT2D eigenvalue weighted by Gasteiger charge is -2.26. The summed E-state index contributed by atoms with van der Waals surface area (Å²) >= 11 is 0. The summed E-state index contributed by atoms with van der Waals surface area (Å²) < 4.78 is 26.1. The van der Waals surface area contributed by atoms with Gasteiger partial charge in [-0.15, -0.1) is 0 Å². The molecule has 2 aromatic rings. The number of nitrogens with zero attached hydrogens (tertiary/aromatic N) is 2. The number of aryl methyl sites for hydroxylation is 3. The van der Waals surface area contributed by atoms with Crippen molar-refractivity contribution < 1.29 is 23.8 Å². The second-order valence-electron chi connectivity index (χ2n) is 10.1. The number of halogens is 1. The number of fused-ring (bicyclic) bond motifs is 1. The van der Waals surface area contributed by atoms with Gasteiger partial charge in [0, 0.05) is 37.5 Å². The average molecular weight is 514 g/mol. The molecule has 37 heavy (non-hydrogen) atoms. The number of carbonyl (C=O) groups is 1. The molecule has 0 saturated carbocycles. The van der Waals surface area contributed by atoms with Crippen molar-refractivity contribution in [1.82, 2.24) is 9.88 Å². The zero-order valence-electron chi connectivity index (χ0n) is 22.1. The number of aromatic nitrogens is 1. The highest BCUT2D eigenvalue weighted by atomic mass is 19.1. The molecule has 0 spiro atoms. The number of carboxylic acid groups (broad SMARTS) is 1. The minimum absolute atomic E-state index is 0.0146. The number of ether oxygens (including phenoxy) is 2. The van der Waals surface area contributed by atoms with E-state index >= 15 is 0 Å². The third-order valence-electron chi connectivity index (χ3n) is 7.33. The molecule has 3 heterocycles. The normalized spacial score (nSPS) is 18.3. The molecule has 1 saturated heterocycles. The Morgan fingerprint density at radius 2 is 2.14 bits per heavy atom. The van der Waals surface area contributed by atoms with Crippen LogP contribution in [0.4, 0.5) is 10.2 Å². The topological polar surface area (TPSA) is 83.9 Å². The molecular formula is C29H40FN3O4. The molecule has 1 aromatic carbocycles. The van der Waals surface area contributed by atoms with Crippen LogP contribution in [-0.2, 0) is 28.8 Å². The highest BCUT2D eigenvalue weighted by Gasteiger charge is 2.36. The van der Waals surface area contributed by atoms with E-state index in [1.807, 2.05) is 11.8 Å². The van der Waals surface area contributed by atoms with Crippen molar-refractivity contribution in [2.24, 2.45) is 0 Å². The molecule has 2 N–H and O–H groups in total. The van der Waals surface area contributed by atoms with Crippen molar-refractivity contribution in [2.45, 2.75) is 76.9 Å². The van der Waals surface area contributed by atoms with E-state index in [9.17, 15) is 14.3 Å². The number of pyridine rings is 1. The number of likely N-dealkylation sites (tertiary alicyclic amines) is 1. The quantitative estimate of drug-likeness (QED) is 0.358. The number of carboxylic acids is 1. The number of aliphatic carboxylic acids is 1. The number of hydrogen-bond acceptors (Lipinski definition) is 6. The summed E-state index contributed by atoms with van der Waals surface area (Å²) in [6.07, 6.45) is 8.58. The Kier molecular flexibility index (Phi) is 9.75. The number of hydrogen-bond donors (Lipinski definition) is 2. The summed E-state index contributed by atoms with van der Waals surface area (Å²) in [6, 6.07) is 6.61. The molecule has 7 nitrogen and oxygen atoms in total. The van der Waals surface area contributed by atoms with Crippen molar-refractivity contribution in [2.75, 3.05) is 38.7 Å². The van der Waals surface area contributed by atoms with Gasteiger partial charge in [-0.2, -0.15) is 0 Å². The van der Waals surface area contributed by atoms with Gasteiger partial charge in [-0.3, -0.25) is 9.69 Å². The molecular weight excluding hydrogens is 473 g/mol. The van der Waals surface area contributed by atoms with E-state index in [0.29, 0.717) is 31.7 Å². The van der Waals surface area contributed by atoms with Crippen molar-refractivity contribution in [3.8, 4) is 5.75 Å². The van der Waals surface area contributed by atoms with E-state index in [4.69, 9.17) is 14.5 Å². The number of rotatable bonds is 13. The third-order valence-corrected chi connectivity index (χ3v) is 7.33. The maximum Gasteiger partial charge on any atom is 0.325 e. The monoisotopic (exact) mass is 513 g/mol. The maximum atomic E-state index is 14.7. The Balaban J connectivity index is 1.25. The van der Waals surface area contributed by atoms with E-state index in [-0.39, 0.29) is 11.9 Å². The number of anilines is 1. The lowest BCUT2D eigenvalue weighted by molar-refractivity contribution is -0.143. The molecule has 1 aromatic heterocycles. The van der Waals surface area contributed by atoms with Crippen LogP contribution in [0.25, 0.3) is 0 Å². The smallest absolute Gasteiger partial charge is 0.325 e. The molecule has 1 fully saturated rings. The fraction of sp³-hybridized carbons (Fsp3) is 0.586. The SMILES string of the molecule is CCCc1cc(F)c(OC)c([C@@H](C(=O)O)N2CC[C@@H](OCCCCCc3ccc4c(n3)NCCC4)C2)c1. The molecule has 2 aliphatic heterocycles. The lowest BCUT2D eigenvalue weighted by Crippen LogP contribution is -2.34. The summed E-state index contributed by atoms with van der Waals surface area (Å²) in [5, 5.41) is 13.5. The van der Waals surface area contributed by atoms with Crippen LogP contribution in [0, 0.1) is 5.82 Å². The zero-order chi connectivity index (χ0) is 26.2. The summed E-state index contributed by atoms with van der Waals surface area (Å²) in [6.45, 7) is 4.76. The molecule has 0 radical (unpaired) electrons. The van der Waals surface area contributed by atoms with Gasteiger partial charge in [-0.25, -0.2) is 9.37 Å². The van der Waals surface area contributed by atoms with Crippen LogP contribution in [0.5, 0.6) is 5.75 Å². The molecule has 0 aliphatic carbocycles. The first-order valence-electron chi connectivity index (χ1n) is 13.7. The van der Waals surface area contributed by atoms with Crippen LogP contribution < -0.4 is 10.1 Å². The van der Waals surface area contributed by atoms with Crippen LogP contribution in [0.1, 0.15) is 73.9 Å². The van der Waals surface area contributed by atoms with Gasteiger partial charge in [0.1, 0.15) is 11.9 Å². The fourth-order valence-corrected chi connectivity index (χ4v) is 5.48. The van der Waals surface area contributed by atoms with Gasteiger partial charge < -0.3 is 19.9 Å². The van der Waals surface area contributed by atoms with E-state index in [2.05, 4.69) is 17.4 Å². The van der Waals surface area contributed by atoms with E-state index in [1.165, 1.54) is 25.2 Å². The largest absolute Gasteiger partial charge is 0.493 e. The Hall–Kier alpha value is -2.71. The second kappa shape index (κ2) is 13.2. The first-order chi connectivity index (χ1) is 18.0. The lowest BCUT2D eigenvalue weighted by atomic mass is 9.99.